The van der Waals surface area contributed by atoms with Crippen molar-refractivity contribution in [1.82, 2.24) is 44.9 Å². The number of rotatable bonds is 28. The Labute approximate surface area is 878 Å². The molecule has 0 saturated carbocycles. The molecule has 0 aromatic carbocycles. The van der Waals surface area contributed by atoms with Gasteiger partial charge in [-0.15, -0.1) is 105 Å². The third-order valence-electron chi connectivity index (χ3n) is 12.3. The average Bonchev–Trinajstić information content (AvgIpc) is 1.85. The summed E-state index contributed by atoms with van der Waals surface area (Å²) in [6.07, 6.45) is 61.0. The molecular formula is C102H158Co9N18-8. The van der Waals surface area contributed by atoms with Crippen LogP contribution in [0.5, 0.6) is 0 Å². The number of aliphatic imine (C=N–C) groups is 8. The zero-order chi connectivity index (χ0) is 92.1. The minimum absolute atomic E-state index is 0. The molecule has 0 fully saturated rings. The van der Waals surface area contributed by atoms with E-state index < -0.39 is 0 Å². The van der Waals surface area contributed by atoms with Gasteiger partial charge in [0, 0.05) is 236 Å². The van der Waals surface area contributed by atoms with Gasteiger partial charge in [0.2, 0.25) is 0 Å². The van der Waals surface area contributed by atoms with Crippen molar-refractivity contribution < 1.29 is 151 Å². The summed E-state index contributed by atoms with van der Waals surface area (Å²) >= 11 is 0. The fourth-order valence-electron chi connectivity index (χ4n) is 5.55. The standard InChI is InChI=1S/3C9H13N2.2C8H11N2.C7H9N2.2C6H7N2.C5H4N2.8C4H8.C3H6.9Co/c1-8(2)6-10-7-9-4-3-5-11-9;1-3-8(2)11-7-9-5-4-6-10-9;1-2-3-6-10-8-9-5-4-7-11-9;1-7(2)10-6-8-4-3-5-9-8;1-2-5-9-7-8-4-3-6-10-8;1-2-8-6-7-4-3-5-9-7;2*1-7-5-6-3-2-4-8-6;6-4-5-2-1-3-7-5;8*1-3-4-2;1-3-2;;;;;;;;;/h3-5,7-8H,6H2,1-2H3;4-8H,3H2,1-2H3;4-5,7-8H,2-3,6H2,1H3;3-7H,1-2H3;3-4,6-7H,2,5H2,1H3;3-6H,2H2,1H3;2*2-5H,1H3;1-4H;8*3H,1,4H2,2H3;3H,1H2,2H3;;;;;;;;;/q8*-1;-2;;;;;;;;;;;;;;;;;;+2. The first kappa shape index (κ1) is 165. The fourth-order valence-corrected chi connectivity index (χ4v) is 5.55. The molecule has 9 heterocycles. The first-order chi connectivity index (χ1) is 58.2. The topological polar surface area (TPSA) is 248 Å². The summed E-state index contributed by atoms with van der Waals surface area (Å²) in [4.78, 5) is 68.6. The quantitative estimate of drug-likeness (QED) is 0.0256. The number of nitrogens with zero attached hydrogens (tertiary/aromatic N) is 18. The molecule has 0 amide bonds. The van der Waals surface area contributed by atoms with Crippen LogP contribution in [-0.2, 0) is 151 Å². The van der Waals surface area contributed by atoms with Gasteiger partial charge < -0.3 is 50.3 Å². The third-order valence-corrected chi connectivity index (χ3v) is 12.3. The molecule has 0 bridgehead atoms. The van der Waals surface area contributed by atoms with Crippen molar-refractivity contribution >= 4 is 55.9 Å². The molecule has 0 aliphatic heterocycles. The second kappa shape index (κ2) is 152. The molecule has 9 radical (unpaired) electrons. The molecule has 18 nitrogen and oxygen atoms in total. The maximum atomic E-state index is 8.24. The second-order valence-corrected chi connectivity index (χ2v) is 24.3. The van der Waals surface area contributed by atoms with Gasteiger partial charge in [0.25, 0.3) is 0 Å². The molecule has 0 aliphatic carbocycles. The summed E-state index contributed by atoms with van der Waals surface area (Å²) in [5, 5.41) is 8.24. The van der Waals surface area contributed by atoms with Crippen LogP contribution in [0.4, 0.5) is 0 Å². The van der Waals surface area contributed by atoms with Crippen LogP contribution in [0.3, 0.4) is 0 Å². The maximum Gasteiger partial charge on any atom is 2.00 e. The van der Waals surface area contributed by atoms with Crippen LogP contribution in [-0.4, -0.2) is 108 Å². The molecular weight excluding hydrogens is 2010 g/mol. The smallest absolute Gasteiger partial charge is 0.812 e. The van der Waals surface area contributed by atoms with E-state index in [9.17, 15) is 0 Å². The number of allylic oxidation sites excluding steroid dienone is 9. The van der Waals surface area contributed by atoms with Crippen molar-refractivity contribution in [2.75, 3.05) is 40.3 Å². The van der Waals surface area contributed by atoms with Gasteiger partial charge in [0.1, 0.15) is 0 Å². The van der Waals surface area contributed by atoms with Gasteiger partial charge >= 0.3 is 16.8 Å². The van der Waals surface area contributed by atoms with Crippen LogP contribution >= 0.6 is 0 Å². The monoisotopic (exact) mass is 2170 g/mol. The molecule has 129 heavy (non-hydrogen) atoms. The fraction of sp³-hybridized carbons (Fsp3) is 0.382. The van der Waals surface area contributed by atoms with E-state index in [4.69, 9.17) is 5.41 Å². The zero-order valence-corrected chi connectivity index (χ0v) is 90.3. The van der Waals surface area contributed by atoms with E-state index in [1.165, 1.54) is 6.42 Å². The van der Waals surface area contributed by atoms with E-state index >= 15 is 0 Å². The number of hydrogen-bond donors (Lipinski definition) is 0. The zero-order valence-electron chi connectivity index (χ0n) is 80.9. The molecule has 0 saturated heterocycles. The average molecular weight is 2170 g/mol. The van der Waals surface area contributed by atoms with E-state index in [2.05, 4.69) is 241 Å². The van der Waals surface area contributed by atoms with E-state index in [-0.39, 0.29) is 151 Å². The summed E-state index contributed by atoms with van der Waals surface area (Å²) in [6.45, 7) is 72.0. The minimum Gasteiger partial charge on any atom is -0.812 e. The van der Waals surface area contributed by atoms with Gasteiger partial charge in [-0.3, -0.25) is 39.9 Å². The van der Waals surface area contributed by atoms with Crippen molar-refractivity contribution in [2.45, 2.75) is 214 Å². The summed E-state index contributed by atoms with van der Waals surface area (Å²) in [5.41, 5.74) is 8.15. The van der Waals surface area contributed by atoms with Gasteiger partial charge in [-0.1, -0.05) is 260 Å². The van der Waals surface area contributed by atoms with Gasteiger partial charge in [-0.05, 0) is 111 Å². The molecule has 0 aliphatic rings. The van der Waals surface area contributed by atoms with E-state index in [0.29, 0.717) is 23.7 Å². The van der Waals surface area contributed by atoms with Crippen LogP contribution in [0.25, 0.3) is 5.41 Å². The first-order valence-corrected chi connectivity index (χ1v) is 41.7. The Hall–Kier alpha value is -7.23. The predicted molar refractivity (Wildman–Crippen MR) is 539 cm³/mol. The van der Waals surface area contributed by atoms with Gasteiger partial charge in [0.05, 0.1) is 0 Å². The van der Waals surface area contributed by atoms with Crippen LogP contribution in [0.15, 0.2) is 319 Å². The SMILES string of the molecule is C=CC.C=CCC.C=CCC.C=CCC.C=CCC.C=CCC.C=CCC.C=CCC.C=CCC.CC(C)CN=Cc1ccc[n-]1.CC(C)N=Cc1ccc[n-]1.CCC(C)N=Cc1ccc[n-]1.CCCCN=Cc1ccc[n-]1.CCCN=Cc1ccc[n-]1.CCN=Cc1ccc[n-]1.CN=Cc1ccc[n-]1.CN=Cc1ccc[n-]1.[Co+2].[Co].[Co].[Co].[Co].[Co].[Co].[Co].[Co].[N-]=Cc1ccc[n-]1. The Morgan fingerprint density at radius 2 is 0.527 bits per heavy atom. The van der Waals surface area contributed by atoms with Crippen LogP contribution in [0, 0.1) is 5.92 Å². The van der Waals surface area contributed by atoms with Crippen molar-refractivity contribution in [3.8, 4) is 0 Å². The van der Waals surface area contributed by atoms with E-state index in [0.717, 1.165) is 149 Å². The van der Waals surface area contributed by atoms with E-state index in [1.54, 1.807) is 113 Å². The first-order valence-electron chi connectivity index (χ1n) is 41.7. The molecule has 9 aromatic rings. The van der Waals surface area contributed by atoms with Crippen LogP contribution in [0.2, 0.25) is 0 Å². The van der Waals surface area contributed by atoms with Crippen LogP contribution in [0.1, 0.15) is 253 Å². The minimum atomic E-state index is 0. The van der Waals surface area contributed by atoms with Gasteiger partial charge in [-0.2, -0.15) is 61.5 Å². The van der Waals surface area contributed by atoms with Crippen molar-refractivity contribution in [1.29, 1.82) is 0 Å². The Kier molecular flexibility index (Phi) is 194. The molecule has 9 aromatic heterocycles. The largest absolute Gasteiger partial charge is 2.00 e. The molecule has 9 rings (SSSR count). The molecule has 745 valence electrons. The van der Waals surface area contributed by atoms with Crippen molar-refractivity contribution in [3.63, 3.8) is 0 Å². The Morgan fingerprint density at radius 1 is 0.310 bits per heavy atom. The molecule has 1 atom stereocenters. The molecule has 1 unspecified atom stereocenters. The third kappa shape index (κ3) is 155. The summed E-state index contributed by atoms with van der Waals surface area (Å²) in [7, 11) is 3.46. The van der Waals surface area contributed by atoms with Gasteiger partial charge in [0.15, 0.2) is 0 Å². The Bertz CT molecular complexity index is 3490. The van der Waals surface area contributed by atoms with Crippen LogP contribution < -0.4 is 44.9 Å². The Morgan fingerprint density at radius 3 is 0.705 bits per heavy atom. The predicted octanol–water partition coefficient (Wildman–Crippen LogP) is 25.3. The normalized spacial score (nSPS) is 9.04. The second-order valence-electron chi connectivity index (χ2n) is 24.3. The van der Waals surface area contributed by atoms with E-state index in [1.807, 2.05) is 198 Å². The molecule has 0 N–H and O–H groups in total. The van der Waals surface area contributed by atoms with Gasteiger partial charge in [-0.25, -0.2) is 6.21 Å². The summed E-state index contributed by atoms with van der Waals surface area (Å²) in [5.74, 6) is 0.626. The summed E-state index contributed by atoms with van der Waals surface area (Å²) in [6, 6.07) is 35.0. The maximum absolute atomic E-state index is 8.24. The number of aromatic nitrogens is 9. The Balaban J connectivity index is -0.0000000638. The summed E-state index contributed by atoms with van der Waals surface area (Å²) < 4.78 is 0. The van der Waals surface area contributed by atoms with Crippen molar-refractivity contribution in [2.24, 2.45) is 45.9 Å². The number of unbranched alkanes of at least 4 members (excludes halogenated alkanes) is 1. The molecule has 0 spiro atoms. The number of hydrogen-bond acceptors (Lipinski definition) is 8. The van der Waals surface area contributed by atoms with Crippen molar-refractivity contribution in [3.05, 3.63) is 336 Å². The molecule has 27 heteroatoms.